The average Bonchev–Trinajstić information content (AvgIpc) is 2.14. The van der Waals surface area contributed by atoms with E-state index < -0.39 is 5.60 Å². The van der Waals surface area contributed by atoms with E-state index in [9.17, 15) is 4.79 Å². The van der Waals surface area contributed by atoms with E-state index in [0.29, 0.717) is 5.92 Å². The van der Waals surface area contributed by atoms with Crippen molar-refractivity contribution in [3.63, 3.8) is 0 Å². The minimum atomic E-state index is -0.431. The van der Waals surface area contributed by atoms with Crippen molar-refractivity contribution in [3.8, 4) is 0 Å². The molecule has 4 heteroatoms. The van der Waals surface area contributed by atoms with Crippen molar-refractivity contribution in [2.24, 2.45) is 11.7 Å². The third kappa shape index (κ3) is 5.39. The molecule has 1 aliphatic rings. The molecule has 1 amide bonds. The molecule has 17 heavy (non-hydrogen) atoms. The summed E-state index contributed by atoms with van der Waals surface area (Å²) >= 11 is 0. The number of carbonyl (C=O) groups is 1. The number of hydrogen-bond acceptors (Lipinski definition) is 3. The van der Waals surface area contributed by atoms with Crippen LogP contribution in [0.15, 0.2) is 0 Å². The molecular formula is C13H26N2O2. The van der Waals surface area contributed by atoms with Crippen molar-refractivity contribution >= 4 is 6.09 Å². The largest absolute Gasteiger partial charge is 0.444 e. The Labute approximate surface area is 104 Å². The first-order valence-electron chi connectivity index (χ1n) is 6.53. The van der Waals surface area contributed by atoms with Crippen molar-refractivity contribution in [2.45, 2.75) is 71.1 Å². The SMILES string of the molecule is C[C@H](N)[C@@H]1CCC[C@H](NC(=O)OC(C)(C)C)C1. The Balaban J connectivity index is 2.38. The van der Waals surface area contributed by atoms with Crippen LogP contribution in [-0.2, 0) is 4.74 Å². The maximum absolute atomic E-state index is 11.6. The highest BCUT2D eigenvalue weighted by atomic mass is 16.6. The van der Waals surface area contributed by atoms with Gasteiger partial charge in [0.1, 0.15) is 5.60 Å². The quantitative estimate of drug-likeness (QED) is 0.781. The van der Waals surface area contributed by atoms with E-state index >= 15 is 0 Å². The minimum absolute atomic E-state index is 0.207. The van der Waals surface area contributed by atoms with E-state index in [1.807, 2.05) is 27.7 Å². The normalized spacial score (nSPS) is 27.4. The maximum atomic E-state index is 11.6. The number of carbonyl (C=O) groups excluding carboxylic acids is 1. The lowest BCUT2D eigenvalue weighted by atomic mass is 9.82. The van der Waals surface area contributed by atoms with E-state index in [-0.39, 0.29) is 18.2 Å². The molecule has 0 bridgehead atoms. The number of alkyl carbamates (subject to hydrolysis) is 1. The summed E-state index contributed by atoms with van der Waals surface area (Å²) in [5, 5.41) is 2.94. The Hall–Kier alpha value is -0.770. The molecule has 0 heterocycles. The van der Waals surface area contributed by atoms with E-state index in [1.54, 1.807) is 0 Å². The van der Waals surface area contributed by atoms with Crippen molar-refractivity contribution in [2.75, 3.05) is 0 Å². The van der Waals surface area contributed by atoms with Crippen LogP contribution in [0, 0.1) is 5.92 Å². The Morgan fingerprint density at radius 1 is 1.41 bits per heavy atom. The van der Waals surface area contributed by atoms with Crippen LogP contribution < -0.4 is 11.1 Å². The fourth-order valence-electron chi connectivity index (χ4n) is 2.31. The van der Waals surface area contributed by atoms with Gasteiger partial charge in [0.15, 0.2) is 0 Å². The molecule has 3 N–H and O–H groups in total. The second-order valence-corrected chi connectivity index (χ2v) is 6.13. The van der Waals surface area contributed by atoms with Gasteiger partial charge in [-0.05, 0) is 52.9 Å². The minimum Gasteiger partial charge on any atom is -0.444 e. The third-order valence-electron chi connectivity index (χ3n) is 3.18. The Morgan fingerprint density at radius 3 is 2.59 bits per heavy atom. The van der Waals surface area contributed by atoms with Gasteiger partial charge >= 0.3 is 6.09 Å². The Morgan fingerprint density at radius 2 is 2.06 bits per heavy atom. The van der Waals surface area contributed by atoms with Crippen LogP contribution in [0.4, 0.5) is 4.79 Å². The van der Waals surface area contributed by atoms with Crippen molar-refractivity contribution in [1.82, 2.24) is 5.32 Å². The van der Waals surface area contributed by atoms with Crippen molar-refractivity contribution in [3.05, 3.63) is 0 Å². The summed E-state index contributed by atoms with van der Waals surface area (Å²) in [6.45, 7) is 7.66. The monoisotopic (exact) mass is 242 g/mol. The second-order valence-electron chi connectivity index (χ2n) is 6.13. The molecule has 1 rings (SSSR count). The number of hydrogen-bond donors (Lipinski definition) is 2. The van der Waals surface area contributed by atoms with Gasteiger partial charge in [-0.25, -0.2) is 4.79 Å². The molecule has 4 nitrogen and oxygen atoms in total. The van der Waals surface area contributed by atoms with Gasteiger partial charge in [0.2, 0.25) is 0 Å². The van der Waals surface area contributed by atoms with E-state index in [1.165, 1.54) is 6.42 Å². The molecule has 0 aromatic rings. The molecular weight excluding hydrogens is 216 g/mol. The van der Waals surface area contributed by atoms with Crippen LogP contribution in [0.1, 0.15) is 53.4 Å². The zero-order valence-corrected chi connectivity index (χ0v) is 11.5. The summed E-state index contributed by atoms with van der Waals surface area (Å²) in [6, 6.07) is 0.424. The van der Waals surface area contributed by atoms with Gasteiger partial charge in [0, 0.05) is 12.1 Å². The molecule has 0 saturated heterocycles. The molecule has 1 saturated carbocycles. The second kappa shape index (κ2) is 5.71. The Bertz CT molecular complexity index is 259. The first kappa shape index (κ1) is 14.3. The lowest BCUT2D eigenvalue weighted by molar-refractivity contribution is 0.0482. The van der Waals surface area contributed by atoms with Crippen molar-refractivity contribution < 1.29 is 9.53 Å². The fraction of sp³-hybridized carbons (Fsp3) is 0.923. The summed E-state index contributed by atoms with van der Waals surface area (Å²) in [7, 11) is 0. The molecule has 0 aliphatic heterocycles. The highest BCUT2D eigenvalue weighted by Gasteiger charge is 2.26. The summed E-state index contributed by atoms with van der Waals surface area (Å²) in [4.78, 5) is 11.6. The lowest BCUT2D eigenvalue weighted by Crippen LogP contribution is -2.43. The predicted molar refractivity (Wildman–Crippen MR) is 68.8 cm³/mol. The van der Waals surface area contributed by atoms with Crippen LogP contribution in [0.2, 0.25) is 0 Å². The van der Waals surface area contributed by atoms with Gasteiger partial charge in [0.05, 0.1) is 0 Å². The molecule has 3 atom stereocenters. The summed E-state index contributed by atoms with van der Waals surface area (Å²) in [6.07, 6.45) is 3.99. The molecule has 0 aromatic heterocycles. The molecule has 0 unspecified atom stereocenters. The topological polar surface area (TPSA) is 64.3 Å². The average molecular weight is 242 g/mol. The fourth-order valence-corrected chi connectivity index (χ4v) is 2.31. The summed E-state index contributed by atoms with van der Waals surface area (Å²) < 4.78 is 5.25. The summed E-state index contributed by atoms with van der Waals surface area (Å²) in [5.74, 6) is 0.517. The highest BCUT2D eigenvalue weighted by Crippen LogP contribution is 2.26. The number of nitrogens with two attached hydrogens (primary N) is 1. The lowest BCUT2D eigenvalue weighted by Gasteiger charge is -2.32. The molecule has 100 valence electrons. The highest BCUT2D eigenvalue weighted by molar-refractivity contribution is 5.68. The van der Waals surface area contributed by atoms with Gasteiger partial charge in [-0.2, -0.15) is 0 Å². The smallest absolute Gasteiger partial charge is 0.407 e. The summed E-state index contributed by atoms with van der Waals surface area (Å²) in [5.41, 5.74) is 5.49. The first-order valence-corrected chi connectivity index (χ1v) is 6.53. The predicted octanol–water partition coefficient (Wildman–Crippen LogP) is 2.42. The van der Waals surface area contributed by atoms with Crippen LogP contribution in [0.25, 0.3) is 0 Å². The van der Waals surface area contributed by atoms with Gasteiger partial charge in [-0.1, -0.05) is 6.42 Å². The Kier molecular flexibility index (Phi) is 4.80. The number of nitrogens with one attached hydrogen (secondary N) is 1. The van der Waals surface area contributed by atoms with Gasteiger partial charge in [-0.15, -0.1) is 0 Å². The van der Waals surface area contributed by atoms with Gasteiger partial charge < -0.3 is 15.8 Å². The molecule has 1 fully saturated rings. The van der Waals surface area contributed by atoms with E-state index in [2.05, 4.69) is 5.32 Å². The van der Waals surface area contributed by atoms with Crippen molar-refractivity contribution in [1.29, 1.82) is 0 Å². The van der Waals surface area contributed by atoms with Crippen LogP contribution in [0.3, 0.4) is 0 Å². The van der Waals surface area contributed by atoms with Gasteiger partial charge in [0.25, 0.3) is 0 Å². The zero-order chi connectivity index (χ0) is 13.1. The molecule has 0 radical (unpaired) electrons. The molecule has 0 aromatic carbocycles. The first-order chi connectivity index (χ1) is 7.78. The van der Waals surface area contributed by atoms with Gasteiger partial charge in [-0.3, -0.25) is 0 Å². The van der Waals surface area contributed by atoms with E-state index in [0.717, 1.165) is 19.3 Å². The zero-order valence-electron chi connectivity index (χ0n) is 11.5. The third-order valence-corrected chi connectivity index (χ3v) is 3.18. The van der Waals surface area contributed by atoms with Crippen LogP contribution in [0.5, 0.6) is 0 Å². The number of ether oxygens (including phenoxy) is 1. The number of rotatable bonds is 2. The molecule has 1 aliphatic carbocycles. The molecule has 0 spiro atoms. The number of amides is 1. The van der Waals surface area contributed by atoms with E-state index in [4.69, 9.17) is 10.5 Å². The van der Waals surface area contributed by atoms with Crippen LogP contribution >= 0.6 is 0 Å². The standard InChI is InChI=1S/C13H26N2O2/c1-9(14)10-6-5-7-11(8-10)15-12(16)17-13(2,3)4/h9-11H,5-8,14H2,1-4H3,(H,15,16)/t9-,10+,11-/m0/s1. The van der Waals surface area contributed by atoms with Crippen LogP contribution in [-0.4, -0.2) is 23.8 Å². The maximum Gasteiger partial charge on any atom is 0.407 e.